The van der Waals surface area contributed by atoms with Crippen molar-refractivity contribution in [1.29, 1.82) is 0 Å². The van der Waals surface area contributed by atoms with Crippen molar-refractivity contribution in [3.63, 3.8) is 0 Å². The lowest BCUT2D eigenvalue weighted by molar-refractivity contribution is -0.123. The summed E-state index contributed by atoms with van der Waals surface area (Å²) in [5.74, 6) is 0.179. The van der Waals surface area contributed by atoms with Crippen LogP contribution in [0.2, 0.25) is 0 Å². The summed E-state index contributed by atoms with van der Waals surface area (Å²) in [6, 6.07) is 14.0. The van der Waals surface area contributed by atoms with E-state index >= 15 is 0 Å². The Labute approximate surface area is 179 Å². The third kappa shape index (κ3) is 4.53. The Bertz CT molecular complexity index is 1120. The Balaban J connectivity index is 1.37. The number of aryl methyl sites for hydroxylation is 2. The summed E-state index contributed by atoms with van der Waals surface area (Å²) in [5, 5.41) is 7.15. The van der Waals surface area contributed by atoms with Crippen molar-refractivity contribution in [1.82, 2.24) is 9.78 Å². The van der Waals surface area contributed by atoms with E-state index in [4.69, 9.17) is 14.2 Å². The third-order valence-corrected chi connectivity index (χ3v) is 4.82. The Morgan fingerprint density at radius 1 is 1.03 bits per heavy atom. The molecule has 0 saturated carbocycles. The van der Waals surface area contributed by atoms with E-state index in [1.54, 1.807) is 47.1 Å². The van der Waals surface area contributed by atoms with E-state index in [2.05, 4.69) is 10.4 Å². The zero-order chi connectivity index (χ0) is 22.0. The Kier molecular flexibility index (Phi) is 5.62. The summed E-state index contributed by atoms with van der Waals surface area (Å²) in [7, 11) is 0. The minimum atomic E-state index is -0.976. The van der Waals surface area contributed by atoms with Crippen LogP contribution in [0.3, 0.4) is 0 Å². The van der Waals surface area contributed by atoms with E-state index in [1.165, 1.54) is 6.92 Å². The molecule has 1 aliphatic rings. The van der Waals surface area contributed by atoms with E-state index in [0.717, 1.165) is 17.1 Å². The van der Waals surface area contributed by atoms with Crippen LogP contribution in [-0.2, 0) is 9.53 Å². The fourth-order valence-corrected chi connectivity index (χ4v) is 3.28. The zero-order valence-corrected chi connectivity index (χ0v) is 17.5. The maximum absolute atomic E-state index is 12.5. The molecule has 4 rings (SSSR count). The van der Waals surface area contributed by atoms with Crippen LogP contribution < -0.4 is 14.8 Å². The summed E-state index contributed by atoms with van der Waals surface area (Å²) in [5.41, 5.74) is 3.64. The lowest BCUT2D eigenvalue weighted by atomic mass is 10.2. The lowest BCUT2D eigenvalue weighted by Gasteiger charge is -2.19. The van der Waals surface area contributed by atoms with Crippen molar-refractivity contribution in [2.24, 2.45) is 0 Å². The number of esters is 1. The first-order valence-electron chi connectivity index (χ1n) is 9.96. The van der Waals surface area contributed by atoms with Gasteiger partial charge < -0.3 is 19.5 Å². The number of benzene rings is 2. The number of carbonyl (C=O) groups is 2. The molecule has 1 atom stereocenters. The van der Waals surface area contributed by atoms with Gasteiger partial charge in [-0.25, -0.2) is 9.48 Å². The number of anilines is 1. The second-order valence-electron chi connectivity index (χ2n) is 7.28. The summed E-state index contributed by atoms with van der Waals surface area (Å²) >= 11 is 0. The average Bonchev–Trinajstić information content (AvgIpc) is 3.11. The average molecular weight is 421 g/mol. The normalized spacial score (nSPS) is 13.4. The van der Waals surface area contributed by atoms with E-state index in [1.807, 2.05) is 19.9 Å². The number of hydrogen-bond donors (Lipinski definition) is 1. The maximum Gasteiger partial charge on any atom is 0.338 e. The van der Waals surface area contributed by atoms with E-state index < -0.39 is 18.0 Å². The van der Waals surface area contributed by atoms with Crippen molar-refractivity contribution in [3.8, 4) is 17.2 Å². The first kappa shape index (κ1) is 20.5. The first-order chi connectivity index (χ1) is 14.9. The van der Waals surface area contributed by atoms with Gasteiger partial charge in [0.2, 0.25) is 0 Å². The predicted octanol–water partition coefficient (Wildman–Crippen LogP) is 3.44. The quantitative estimate of drug-likeness (QED) is 0.635. The predicted molar refractivity (Wildman–Crippen MR) is 114 cm³/mol. The maximum atomic E-state index is 12.5. The molecule has 160 valence electrons. The van der Waals surface area contributed by atoms with Gasteiger partial charge in [0.15, 0.2) is 17.6 Å². The third-order valence-electron chi connectivity index (χ3n) is 4.82. The van der Waals surface area contributed by atoms with Gasteiger partial charge in [-0.1, -0.05) is 0 Å². The van der Waals surface area contributed by atoms with Crippen LogP contribution in [-0.4, -0.2) is 41.0 Å². The highest BCUT2D eigenvalue weighted by molar-refractivity contribution is 5.97. The molecule has 31 heavy (non-hydrogen) atoms. The highest BCUT2D eigenvalue weighted by Crippen LogP contribution is 2.32. The van der Waals surface area contributed by atoms with Crippen LogP contribution in [0, 0.1) is 13.8 Å². The summed E-state index contributed by atoms with van der Waals surface area (Å²) < 4.78 is 18.1. The molecule has 2 aromatic carbocycles. The molecule has 1 aromatic heterocycles. The second kappa shape index (κ2) is 8.51. The van der Waals surface area contributed by atoms with E-state index in [0.29, 0.717) is 36.0 Å². The fraction of sp³-hybridized carbons (Fsp3) is 0.261. The molecule has 1 unspecified atom stereocenters. The van der Waals surface area contributed by atoms with E-state index in [9.17, 15) is 9.59 Å². The monoisotopic (exact) mass is 421 g/mol. The molecule has 0 radical (unpaired) electrons. The van der Waals surface area contributed by atoms with Gasteiger partial charge in [-0.3, -0.25) is 4.79 Å². The standard InChI is InChI=1S/C23H23N3O5/c1-14-12-15(2)26(25-14)19-7-4-17(5-8-19)23(28)31-16(3)22(27)24-18-6-9-20-21(13-18)30-11-10-29-20/h4-9,12-13,16H,10-11H2,1-3H3,(H,24,27). The summed E-state index contributed by atoms with van der Waals surface area (Å²) in [6.07, 6.45) is -0.976. The smallest absolute Gasteiger partial charge is 0.338 e. The molecule has 0 aliphatic carbocycles. The van der Waals surface area contributed by atoms with Crippen LogP contribution in [0.25, 0.3) is 5.69 Å². The number of amides is 1. The second-order valence-corrected chi connectivity index (χ2v) is 7.28. The molecule has 1 amide bonds. The number of nitrogens with zero attached hydrogens (tertiary/aromatic N) is 2. The molecular weight excluding hydrogens is 398 g/mol. The Morgan fingerprint density at radius 2 is 1.74 bits per heavy atom. The van der Waals surface area contributed by atoms with Gasteiger partial charge in [0.25, 0.3) is 5.91 Å². The van der Waals surface area contributed by atoms with Gasteiger partial charge in [-0.2, -0.15) is 5.10 Å². The van der Waals surface area contributed by atoms with Crippen LogP contribution in [0.1, 0.15) is 28.7 Å². The molecule has 0 bridgehead atoms. The Morgan fingerprint density at radius 3 is 2.42 bits per heavy atom. The van der Waals surface area contributed by atoms with E-state index in [-0.39, 0.29) is 0 Å². The lowest BCUT2D eigenvalue weighted by Crippen LogP contribution is -2.30. The molecule has 0 fully saturated rings. The number of fused-ring (bicyclic) bond motifs is 1. The van der Waals surface area contributed by atoms with Gasteiger partial charge >= 0.3 is 5.97 Å². The van der Waals surface area contributed by atoms with Crippen LogP contribution >= 0.6 is 0 Å². The van der Waals surface area contributed by atoms with Crippen LogP contribution in [0.15, 0.2) is 48.5 Å². The van der Waals surface area contributed by atoms with Crippen LogP contribution in [0.5, 0.6) is 11.5 Å². The summed E-state index contributed by atoms with van der Waals surface area (Å²) in [4.78, 5) is 24.9. The number of aromatic nitrogens is 2. The van der Waals surface area contributed by atoms with Crippen molar-refractivity contribution in [2.75, 3.05) is 18.5 Å². The van der Waals surface area contributed by atoms with Gasteiger partial charge in [0.05, 0.1) is 16.9 Å². The van der Waals surface area contributed by atoms with Crippen molar-refractivity contribution < 1.29 is 23.8 Å². The number of ether oxygens (including phenoxy) is 3. The number of hydrogen-bond acceptors (Lipinski definition) is 6. The molecular formula is C23H23N3O5. The molecule has 2 heterocycles. The van der Waals surface area contributed by atoms with Crippen molar-refractivity contribution in [3.05, 3.63) is 65.5 Å². The first-order valence-corrected chi connectivity index (χ1v) is 9.96. The van der Waals surface area contributed by atoms with Gasteiger partial charge in [0.1, 0.15) is 13.2 Å². The number of nitrogens with one attached hydrogen (secondary N) is 1. The molecule has 1 N–H and O–H groups in total. The minimum Gasteiger partial charge on any atom is -0.486 e. The molecule has 0 spiro atoms. The van der Waals surface area contributed by atoms with Crippen LogP contribution in [0.4, 0.5) is 5.69 Å². The Hall–Kier alpha value is -3.81. The zero-order valence-electron chi connectivity index (χ0n) is 17.5. The van der Waals surface area contributed by atoms with Gasteiger partial charge in [-0.05, 0) is 63.2 Å². The molecule has 1 aliphatic heterocycles. The van der Waals surface area contributed by atoms with Crippen molar-refractivity contribution >= 4 is 17.6 Å². The SMILES string of the molecule is Cc1cc(C)n(-c2ccc(C(=O)OC(C)C(=O)Nc3ccc4c(c3)OCCO4)cc2)n1. The topological polar surface area (TPSA) is 91.7 Å². The molecule has 8 heteroatoms. The molecule has 3 aromatic rings. The van der Waals surface area contributed by atoms with Gasteiger partial charge in [-0.15, -0.1) is 0 Å². The number of carbonyl (C=O) groups excluding carboxylic acids is 2. The van der Waals surface area contributed by atoms with Gasteiger partial charge in [0, 0.05) is 17.4 Å². The molecule has 0 saturated heterocycles. The highest BCUT2D eigenvalue weighted by Gasteiger charge is 2.20. The minimum absolute atomic E-state index is 0.351. The number of rotatable bonds is 5. The highest BCUT2D eigenvalue weighted by atomic mass is 16.6. The summed E-state index contributed by atoms with van der Waals surface area (Å²) in [6.45, 7) is 6.36. The fourth-order valence-electron chi connectivity index (χ4n) is 3.28. The molecule has 8 nitrogen and oxygen atoms in total. The largest absolute Gasteiger partial charge is 0.486 e. The van der Waals surface area contributed by atoms with Crippen molar-refractivity contribution in [2.45, 2.75) is 26.9 Å².